The minimum atomic E-state index is 0.00736. The summed E-state index contributed by atoms with van der Waals surface area (Å²) in [6.07, 6.45) is 2.65. The maximum atomic E-state index is 12.6. The number of fused-ring (bicyclic) bond motifs is 2. The van der Waals surface area contributed by atoms with Gasteiger partial charge in [-0.25, -0.2) is 0 Å². The van der Waals surface area contributed by atoms with Gasteiger partial charge in [0.25, 0.3) is 5.91 Å². The summed E-state index contributed by atoms with van der Waals surface area (Å²) in [4.78, 5) is 21.9. The van der Waals surface area contributed by atoms with Crippen LogP contribution in [0.2, 0.25) is 0 Å². The Kier molecular flexibility index (Phi) is 2.36. The predicted molar refractivity (Wildman–Crippen MR) is 77.9 cm³/mol. The van der Waals surface area contributed by atoms with E-state index in [1.807, 2.05) is 41.3 Å². The van der Waals surface area contributed by atoms with Crippen LogP contribution < -0.4 is 4.90 Å². The van der Waals surface area contributed by atoms with E-state index in [0.717, 1.165) is 29.7 Å². The van der Waals surface area contributed by atoms with Crippen LogP contribution in [0.1, 0.15) is 16.1 Å². The minimum Gasteiger partial charge on any atom is -0.349 e. The van der Waals surface area contributed by atoms with Crippen LogP contribution in [0.5, 0.6) is 0 Å². The van der Waals surface area contributed by atoms with E-state index < -0.39 is 0 Å². The predicted octanol–water partition coefficient (Wildman–Crippen LogP) is 2.77. The largest absolute Gasteiger partial charge is 0.349 e. The minimum absolute atomic E-state index is 0.00736. The Labute approximate surface area is 116 Å². The number of nitrogens with zero attached hydrogens (tertiary/aromatic N) is 2. The lowest BCUT2D eigenvalue weighted by Gasteiger charge is -2.16. The van der Waals surface area contributed by atoms with Crippen LogP contribution >= 0.6 is 0 Å². The van der Waals surface area contributed by atoms with Crippen molar-refractivity contribution in [3.05, 3.63) is 59.9 Å². The van der Waals surface area contributed by atoms with E-state index in [1.165, 1.54) is 5.56 Å². The molecule has 0 saturated carbocycles. The molecule has 1 aliphatic heterocycles. The quantitative estimate of drug-likeness (QED) is 0.734. The fraction of sp³-hybridized carbons (Fsp3) is 0.125. The van der Waals surface area contributed by atoms with E-state index in [-0.39, 0.29) is 5.91 Å². The summed E-state index contributed by atoms with van der Waals surface area (Å²) in [6, 6.07) is 13.7. The van der Waals surface area contributed by atoms with E-state index in [2.05, 4.69) is 16.0 Å². The SMILES string of the molecule is O=C(c1cc2ncccc2[nH]1)N1CCc2ccccc21. The van der Waals surface area contributed by atoms with Crippen molar-refractivity contribution in [3.8, 4) is 0 Å². The van der Waals surface area contributed by atoms with Gasteiger partial charge in [-0.2, -0.15) is 0 Å². The molecule has 0 bridgehead atoms. The van der Waals surface area contributed by atoms with E-state index in [9.17, 15) is 4.79 Å². The molecule has 98 valence electrons. The Morgan fingerprint density at radius 3 is 3.00 bits per heavy atom. The van der Waals surface area contributed by atoms with E-state index in [1.54, 1.807) is 6.20 Å². The molecular formula is C16H13N3O. The van der Waals surface area contributed by atoms with Crippen molar-refractivity contribution in [2.24, 2.45) is 0 Å². The molecule has 1 aromatic carbocycles. The molecule has 4 rings (SSSR count). The van der Waals surface area contributed by atoms with E-state index in [4.69, 9.17) is 0 Å². The average Bonchev–Trinajstić information content (AvgIpc) is 3.10. The highest BCUT2D eigenvalue weighted by atomic mass is 16.2. The van der Waals surface area contributed by atoms with E-state index >= 15 is 0 Å². The summed E-state index contributed by atoms with van der Waals surface area (Å²) >= 11 is 0. The molecule has 3 heterocycles. The first-order valence-electron chi connectivity index (χ1n) is 6.66. The molecule has 3 aromatic rings. The molecule has 20 heavy (non-hydrogen) atoms. The molecule has 2 aromatic heterocycles. The number of carbonyl (C=O) groups is 1. The van der Waals surface area contributed by atoms with Crippen molar-refractivity contribution in [1.29, 1.82) is 0 Å². The van der Waals surface area contributed by atoms with Crippen molar-refractivity contribution in [3.63, 3.8) is 0 Å². The molecule has 0 saturated heterocycles. The lowest BCUT2D eigenvalue weighted by molar-refractivity contribution is 0.0985. The van der Waals surface area contributed by atoms with Crippen molar-refractivity contribution >= 4 is 22.6 Å². The molecule has 0 spiro atoms. The Hall–Kier alpha value is -2.62. The molecule has 0 radical (unpaired) electrons. The normalized spacial score (nSPS) is 13.7. The van der Waals surface area contributed by atoms with Crippen LogP contribution in [-0.2, 0) is 6.42 Å². The highest BCUT2D eigenvalue weighted by Crippen LogP contribution is 2.29. The van der Waals surface area contributed by atoms with Gasteiger partial charge in [-0.05, 0) is 36.2 Å². The summed E-state index contributed by atoms with van der Waals surface area (Å²) < 4.78 is 0. The second-order valence-corrected chi connectivity index (χ2v) is 4.95. The maximum Gasteiger partial charge on any atom is 0.274 e. The molecule has 0 aliphatic carbocycles. The molecule has 1 aliphatic rings. The second-order valence-electron chi connectivity index (χ2n) is 4.95. The van der Waals surface area contributed by atoms with Gasteiger partial charge in [0.1, 0.15) is 5.69 Å². The number of rotatable bonds is 1. The molecule has 0 fully saturated rings. The zero-order valence-electron chi connectivity index (χ0n) is 10.8. The molecule has 1 N–H and O–H groups in total. The summed E-state index contributed by atoms with van der Waals surface area (Å²) in [5.41, 5.74) is 4.56. The zero-order valence-corrected chi connectivity index (χ0v) is 10.8. The number of hydrogen-bond donors (Lipinski definition) is 1. The summed E-state index contributed by atoms with van der Waals surface area (Å²) in [5, 5.41) is 0. The second kappa shape index (κ2) is 4.20. The number of benzene rings is 1. The highest BCUT2D eigenvalue weighted by molar-refractivity contribution is 6.08. The van der Waals surface area contributed by atoms with Gasteiger partial charge in [-0.1, -0.05) is 18.2 Å². The Bertz CT molecular complexity index is 773. The number of aromatic amines is 1. The molecule has 1 amide bonds. The fourth-order valence-electron chi connectivity index (χ4n) is 2.77. The number of pyridine rings is 1. The number of anilines is 1. The van der Waals surface area contributed by atoms with Gasteiger partial charge in [0.2, 0.25) is 0 Å². The highest BCUT2D eigenvalue weighted by Gasteiger charge is 2.26. The van der Waals surface area contributed by atoms with E-state index in [0.29, 0.717) is 5.69 Å². The smallest absolute Gasteiger partial charge is 0.274 e. The van der Waals surface area contributed by atoms with Gasteiger partial charge in [-0.3, -0.25) is 9.78 Å². The number of carbonyl (C=O) groups excluding carboxylic acids is 1. The van der Waals surface area contributed by atoms with Crippen LogP contribution in [-0.4, -0.2) is 22.4 Å². The van der Waals surface area contributed by atoms with Gasteiger partial charge in [0, 0.05) is 18.4 Å². The lowest BCUT2D eigenvalue weighted by Crippen LogP contribution is -2.29. The van der Waals surface area contributed by atoms with Gasteiger partial charge in [-0.15, -0.1) is 0 Å². The molecule has 0 atom stereocenters. The molecule has 4 heteroatoms. The topological polar surface area (TPSA) is 49.0 Å². The molecule has 4 nitrogen and oxygen atoms in total. The molecular weight excluding hydrogens is 250 g/mol. The van der Waals surface area contributed by atoms with Crippen LogP contribution in [0, 0.1) is 0 Å². The fourth-order valence-corrected chi connectivity index (χ4v) is 2.77. The lowest BCUT2D eigenvalue weighted by atomic mass is 10.2. The summed E-state index contributed by atoms with van der Waals surface area (Å²) in [5.74, 6) is 0.00736. The first-order chi connectivity index (χ1) is 9.83. The van der Waals surface area contributed by atoms with Gasteiger partial charge >= 0.3 is 0 Å². The summed E-state index contributed by atoms with van der Waals surface area (Å²) in [7, 11) is 0. The van der Waals surface area contributed by atoms with Crippen LogP contribution in [0.3, 0.4) is 0 Å². The molecule has 0 unspecified atom stereocenters. The Morgan fingerprint density at radius 2 is 2.10 bits per heavy atom. The third-order valence-corrected chi connectivity index (χ3v) is 3.75. The van der Waals surface area contributed by atoms with Crippen molar-refractivity contribution in [1.82, 2.24) is 9.97 Å². The summed E-state index contributed by atoms with van der Waals surface area (Å²) in [6.45, 7) is 0.737. The Morgan fingerprint density at radius 1 is 1.20 bits per heavy atom. The van der Waals surface area contributed by atoms with Crippen LogP contribution in [0.15, 0.2) is 48.7 Å². The van der Waals surface area contributed by atoms with Crippen molar-refractivity contribution < 1.29 is 4.79 Å². The van der Waals surface area contributed by atoms with Crippen molar-refractivity contribution in [2.45, 2.75) is 6.42 Å². The number of para-hydroxylation sites is 1. The number of aromatic nitrogens is 2. The van der Waals surface area contributed by atoms with Gasteiger partial charge in [0.15, 0.2) is 0 Å². The zero-order chi connectivity index (χ0) is 13.5. The van der Waals surface area contributed by atoms with Crippen LogP contribution in [0.4, 0.5) is 5.69 Å². The number of nitrogens with one attached hydrogen (secondary N) is 1. The third-order valence-electron chi connectivity index (χ3n) is 3.75. The van der Waals surface area contributed by atoms with Crippen molar-refractivity contribution in [2.75, 3.05) is 11.4 Å². The monoisotopic (exact) mass is 263 g/mol. The Balaban J connectivity index is 1.74. The van der Waals surface area contributed by atoms with Crippen LogP contribution in [0.25, 0.3) is 11.0 Å². The van der Waals surface area contributed by atoms with Gasteiger partial charge < -0.3 is 9.88 Å². The number of hydrogen-bond acceptors (Lipinski definition) is 2. The standard InChI is InChI=1S/C16H13N3O/c20-16(14-10-13-12(18-14)5-3-8-17-13)19-9-7-11-4-1-2-6-15(11)19/h1-6,8,10,18H,7,9H2. The number of H-pyrrole nitrogens is 1. The average molecular weight is 263 g/mol. The van der Waals surface area contributed by atoms with Gasteiger partial charge in [0.05, 0.1) is 11.0 Å². The third kappa shape index (κ3) is 1.61. The maximum absolute atomic E-state index is 12.6. The number of amides is 1. The first-order valence-corrected chi connectivity index (χ1v) is 6.66. The first kappa shape index (κ1) is 11.2.